The summed E-state index contributed by atoms with van der Waals surface area (Å²) in [6.45, 7) is 3.29. The number of amides is 1. The number of aromatic amines is 1. The SMILES string of the molecule is CCCCOc1cccc(C2c3c(-c4ccccc4O)n[nH]c3C(=O)N2Cc2ccc3c(c2)OCO3)c1. The van der Waals surface area contributed by atoms with E-state index in [0.717, 1.165) is 35.3 Å². The van der Waals surface area contributed by atoms with E-state index in [4.69, 9.17) is 14.2 Å². The van der Waals surface area contributed by atoms with Crippen LogP contribution in [-0.2, 0) is 6.54 Å². The fraction of sp³-hybridized carbons (Fsp3) is 0.241. The molecule has 3 aromatic carbocycles. The Morgan fingerprint density at radius 3 is 2.81 bits per heavy atom. The Morgan fingerprint density at radius 2 is 1.95 bits per heavy atom. The van der Waals surface area contributed by atoms with Crippen LogP contribution in [-0.4, -0.2) is 39.5 Å². The van der Waals surface area contributed by atoms with Crippen molar-refractivity contribution in [1.82, 2.24) is 15.1 Å². The fourth-order valence-electron chi connectivity index (χ4n) is 4.93. The first kappa shape index (κ1) is 23.0. The number of unbranched alkanes of at least 4 members (excludes halogenated alkanes) is 1. The lowest BCUT2D eigenvalue weighted by molar-refractivity contribution is 0.0729. The highest BCUT2D eigenvalue weighted by molar-refractivity contribution is 6.00. The molecule has 0 spiro atoms. The van der Waals surface area contributed by atoms with E-state index in [9.17, 15) is 9.90 Å². The molecule has 0 saturated carbocycles. The molecule has 188 valence electrons. The van der Waals surface area contributed by atoms with Gasteiger partial charge in [0.25, 0.3) is 5.91 Å². The van der Waals surface area contributed by atoms with E-state index in [0.29, 0.717) is 41.6 Å². The molecule has 0 bridgehead atoms. The third-order valence-corrected chi connectivity index (χ3v) is 6.75. The van der Waals surface area contributed by atoms with Gasteiger partial charge in [0.2, 0.25) is 6.79 Å². The average Bonchev–Trinajstić information content (AvgIpc) is 3.61. The van der Waals surface area contributed by atoms with E-state index in [1.54, 1.807) is 18.2 Å². The predicted octanol–water partition coefficient (Wildman–Crippen LogP) is 5.44. The Labute approximate surface area is 214 Å². The number of hydrogen-bond acceptors (Lipinski definition) is 6. The average molecular weight is 498 g/mol. The number of aromatic nitrogens is 2. The molecule has 0 aliphatic carbocycles. The molecular weight excluding hydrogens is 470 g/mol. The number of aromatic hydroxyl groups is 1. The van der Waals surface area contributed by atoms with Gasteiger partial charge in [-0.25, -0.2) is 0 Å². The van der Waals surface area contributed by atoms with Crippen LogP contribution >= 0.6 is 0 Å². The number of phenolic OH excluding ortho intramolecular Hbond substituents is 1. The molecule has 3 heterocycles. The Morgan fingerprint density at radius 1 is 1.08 bits per heavy atom. The summed E-state index contributed by atoms with van der Waals surface area (Å²) in [5.41, 5.74) is 4.09. The highest BCUT2D eigenvalue weighted by Gasteiger charge is 2.42. The number of rotatable bonds is 8. The van der Waals surface area contributed by atoms with Crippen LogP contribution in [0.25, 0.3) is 11.3 Å². The van der Waals surface area contributed by atoms with Gasteiger partial charge in [0.1, 0.15) is 22.9 Å². The fourth-order valence-corrected chi connectivity index (χ4v) is 4.93. The highest BCUT2D eigenvalue weighted by atomic mass is 16.7. The van der Waals surface area contributed by atoms with Gasteiger partial charge in [0.15, 0.2) is 11.5 Å². The van der Waals surface area contributed by atoms with Crippen molar-refractivity contribution in [2.75, 3.05) is 13.4 Å². The number of nitrogens with zero attached hydrogens (tertiary/aromatic N) is 2. The van der Waals surface area contributed by atoms with Crippen LogP contribution in [0.2, 0.25) is 0 Å². The van der Waals surface area contributed by atoms with Crippen molar-refractivity contribution >= 4 is 5.91 Å². The lowest BCUT2D eigenvalue weighted by Crippen LogP contribution is -2.29. The van der Waals surface area contributed by atoms with E-state index in [2.05, 4.69) is 17.1 Å². The van der Waals surface area contributed by atoms with E-state index in [1.165, 1.54) is 0 Å². The molecule has 0 fully saturated rings. The molecule has 6 rings (SSSR count). The van der Waals surface area contributed by atoms with Crippen LogP contribution in [0.5, 0.6) is 23.0 Å². The molecule has 2 aliphatic heterocycles. The summed E-state index contributed by atoms with van der Waals surface area (Å²) in [6.07, 6.45) is 2.01. The second kappa shape index (κ2) is 9.54. The number of para-hydroxylation sites is 1. The van der Waals surface area contributed by atoms with Gasteiger partial charge in [-0.1, -0.05) is 43.7 Å². The minimum atomic E-state index is -0.434. The number of nitrogens with one attached hydrogen (secondary N) is 1. The second-order valence-corrected chi connectivity index (χ2v) is 9.18. The number of fused-ring (bicyclic) bond motifs is 2. The van der Waals surface area contributed by atoms with Crippen molar-refractivity contribution < 1.29 is 24.1 Å². The molecule has 8 heteroatoms. The zero-order valence-corrected chi connectivity index (χ0v) is 20.4. The zero-order chi connectivity index (χ0) is 25.4. The largest absolute Gasteiger partial charge is 0.507 e. The number of carbonyl (C=O) groups is 1. The maximum atomic E-state index is 13.7. The molecule has 4 aromatic rings. The van der Waals surface area contributed by atoms with Gasteiger partial charge in [-0.3, -0.25) is 9.89 Å². The molecule has 2 N–H and O–H groups in total. The summed E-state index contributed by atoms with van der Waals surface area (Å²) in [5, 5.41) is 18.0. The van der Waals surface area contributed by atoms with E-state index >= 15 is 0 Å². The number of ether oxygens (including phenoxy) is 3. The van der Waals surface area contributed by atoms with Crippen LogP contribution in [0.4, 0.5) is 0 Å². The van der Waals surface area contributed by atoms with Crippen molar-refractivity contribution in [3.05, 3.63) is 89.1 Å². The lowest BCUT2D eigenvalue weighted by atomic mass is 9.95. The molecule has 0 radical (unpaired) electrons. The number of phenols is 1. The summed E-state index contributed by atoms with van der Waals surface area (Å²) in [6, 6.07) is 20.2. The standard InChI is InChI=1S/C29H27N3O5/c1-2-3-13-35-20-8-6-7-19(15-20)28-25-26(21-9-4-5-10-22(21)33)30-31-27(25)29(34)32(28)16-18-11-12-23-24(14-18)37-17-36-23/h4-12,14-15,28,33H,2-3,13,16-17H2,1H3,(H,30,31). The number of benzene rings is 3. The monoisotopic (exact) mass is 497 g/mol. The number of hydrogen-bond donors (Lipinski definition) is 2. The highest BCUT2D eigenvalue weighted by Crippen LogP contribution is 2.46. The van der Waals surface area contributed by atoms with Crippen LogP contribution in [0.15, 0.2) is 66.7 Å². The molecule has 8 nitrogen and oxygen atoms in total. The summed E-state index contributed by atoms with van der Waals surface area (Å²) in [4.78, 5) is 15.6. The molecule has 0 saturated heterocycles. The molecule has 1 aromatic heterocycles. The maximum Gasteiger partial charge on any atom is 0.273 e. The first-order chi connectivity index (χ1) is 18.1. The van der Waals surface area contributed by atoms with Gasteiger partial charge in [-0.05, 0) is 53.9 Å². The Bertz CT molecular complexity index is 1460. The van der Waals surface area contributed by atoms with Gasteiger partial charge >= 0.3 is 0 Å². The van der Waals surface area contributed by atoms with Gasteiger partial charge in [-0.15, -0.1) is 0 Å². The van der Waals surface area contributed by atoms with Crippen LogP contribution < -0.4 is 14.2 Å². The van der Waals surface area contributed by atoms with Gasteiger partial charge < -0.3 is 24.2 Å². The topological polar surface area (TPSA) is 96.9 Å². The molecular formula is C29H27N3O5. The van der Waals surface area contributed by atoms with Crippen molar-refractivity contribution in [3.8, 4) is 34.3 Å². The minimum Gasteiger partial charge on any atom is -0.507 e. The molecule has 37 heavy (non-hydrogen) atoms. The van der Waals surface area contributed by atoms with E-state index in [-0.39, 0.29) is 18.4 Å². The molecule has 1 unspecified atom stereocenters. The number of H-pyrrole nitrogens is 1. The van der Waals surface area contributed by atoms with Crippen molar-refractivity contribution in [2.24, 2.45) is 0 Å². The molecule has 1 amide bonds. The third kappa shape index (κ3) is 4.14. The van der Waals surface area contributed by atoms with Crippen molar-refractivity contribution in [3.63, 3.8) is 0 Å². The first-order valence-electron chi connectivity index (χ1n) is 12.4. The minimum absolute atomic E-state index is 0.105. The summed E-state index contributed by atoms with van der Waals surface area (Å²) in [7, 11) is 0. The van der Waals surface area contributed by atoms with Gasteiger partial charge in [-0.2, -0.15) is 5.10 Å². The Kier molecular flexibility index (Phi) is 5.92. The normalized spacial score (nSPS) is 15.8. The summed E-state index contributed by atoms with van der Waals surface area (Å²) in [5.74, 6) is 2.06. The van der Waals surface area contributed by atoms with Gasteiger partial charge in [0.05, 0.1) is 12.6 Å². The maximum absolute atomic E-state index is 13.7. The van der Waals surface area contributed by atoms with Crippen molar-refractivity contribution in [1.29, 1.82) is 0 Å². The smallest absolute Gasteiger partial charge is 0.273 e. The van der Waals surface area contributed by atoms with Crippen LogP contribution in [0.3, 0.4) is 0 Å². The van der Waals surface area contributed by atoms with Gasteiger partial charge in [0, 0.05) is 17.7 Å². The lowest BCUT2D eigenvalue weighted by Gasteiger charge is -2.27. The first-order valence-corrected chi connectivity index (χ1v) is 12.4. The Hall–Kier alpha value is -4.46. The van der Waals surface area contributed by atoms with Crippen LogP contribution in [0, 0.1) is 0 Å². The third-order valence-electron chi connectivity index (χ3n) is 6.75. The molecule has 1 atom stereocenters. The predicted molar refractivity (Wildman–Crippen MR) is 137 cm³/mol. The van der Waals surface area contributed by atoms with E-state index < -0.39 is 6.04 Å². The van der Waals surface area contributed by atoms with E-state index in [1.807, 2.05) is 53.4 Å². The van der Waals surface area contributed by atoms with Crippen LogP contribution in [0.1, 0.15) is 53.0 Å². The summed E-state index contributed by atoms with van der Waals surface area (Å²) < 4.78 is 17.0. The Balaban J connectivity index is 1.43. The zero-order valence-electron chi connectivity index (χ0n) is 20.4. The quantitative estimate of drug-likeness (QED) is 0.315. The van der Waals surface area contributed by atoms with Crippen molar-refractivity contribution in [2.45, 2.75) is 32.4 Å². The summed E-state index contributed by atoms with van der Waals surface area (Å²) >= 11 is 0. The molecule has 2 aliphatic rings. The number of carbonyl (C=O) groups excluding carboxylic acids is 1. The second-order valence-electron chi connectivity index (χ2n) is 9.18.